The van der Waals surface area contributed by atoms with E-state index < -0.39 is 0 Å². The SMILES string of the molecule is CC(CCS)C(=N)I. The summed E-state index contributed by atoms with van der Waals surface area (Å²) in [6.45, 7) is 2.05. The standard InChI is InChI=1S/C5H10INS/c1-4(2-3-8)5(6)7/h4,7-8H,2-3H2,1H3. The molecule has 0 aliphatic rings. The molecule has 0 rings (SSSR count). The fraction of sp³-hybridized carbons (Fsp3) is 0.800. The van der Waals surface area contributed by atoms with Crippen molar-refractivity contribution in [2.75, 3.05) is 5.75 Å². The van der Waals surface area contributed by atoms with Crippen molar-refractivity contribution < 1.29 is 0 Å². The van der Waals surface area contributed by atoms with Crippen LogP contribution in [0.3, 0.4) is 0 Å². The molecule has 1 nitrogen and oxygen atoms in total. The minimum Gasteiger partial charge on any atom is -0.299 e. The maximum absolute atomic E-state index is 7.16. The van der Waals surface area contributed by atoms with Crippen molar-refractivity contribution in [1.82, 2.24) is 0 Å². The topological polar surface area (TPSA) is 23.9 Å². The van der Waals surface area contributed by atoms with E-state index in [1.165, 1.54) is 0 Å². The van der Waals surface area contributed by atoms with E-state index in [1.54, 1.807) is 0 Å². The maximum Gasteiger partial charge on any atom is 0.0722 e. The van der Waals surface area contributed by atoms with Gasteiger partial charge in [0, 0.05) is 5.92 Å². The van der Waals surface area contributed by atoms with Gasteiger partial charge in [-0.25, -0.2) is 0 Å². The summed E-state index contributed by atoms with van der Waals surface area (Å²) in [4.78, 5) is 0. The van der Waals surface area contributed by atoms with Crippen molar-refractivity contribution in [2.24, 2.45) is 5.92 Å². The normalized spacial score (nSPS) is 13.4. The van der Waals surface area contributed by atoms with E-state index in [0.717, 1.165) is 15.9 Å². The highest BCUT2D eigenvalue weighted by molar-refractivity contribution is 14.1. The average molecular weight is 243 g/mol. The zero-order chi connectivity index (χ0) is 6.57. The second kappa shape index (κ2) is 4.61. The molecule has 0 aliphatic carbocycles. The highest BCUT2D eigenvalue weighted by atomic mass is 127. The lowest BCUT2D eigenvalue weighted by atomic mass is 10.1. The molecule has 0 saturated heterocycles. The molecular weight excluding hydrogens is 233 g/mol. The van der Waals surface area contributed by atoms with Crippen molar-refractivity contribution in [2.45, 2.75) is 13.3 Å². The Kier molecular flexibility index (Phi) is 5.04. The highest BCUT2D eigenvalue weighted by Gasteiger charge is 2.01. The van der Waals surface area contributed by atoms with E-state index in [0.29, 0.717) is 5.92 Å². The molecule has 0 heterocycles. The third-order valence-electron chi connectivity index (χ3n) is 0.995. The lowest BCUT2D eigenvalue weighted by Crippen LogP contribution is -2.01. The Morgan fingerprint density at radius 3 is 2.50 bits per heavy atom. The molecule has 1 atom stereocenters. The molecule has 0 fully saturated rings. The molecule has 0 aromatic carbocycles. The van der Waals surface area contributed by atoms with Gasteiger partial charge in [-0.1, -0.05) is 6.92 Å². The minimum atomic E-state index is 0.410. The molecule has 48 valence electrons. The van der Waals surface area contributed by atoms with Crippen molar-refractivity contribution in [3.05, 3.63) is 0 Å². The zero-order valence-corrected chi connectivity index (χ0v) is 7.87. The van der Waals surface area contributed by atoms with Gasteiger partial charge in [-0.05, 0) is 34.8 Å². The number of nitrogens with one attached hydrogen (secondary N) is 1. The van der Waals surface area contributed by atoms with E-state index in [-0.39, 0.29) is 0 Å². The molecule has 0 aromatic rings. The lowest BCUT2D eigenvalue weighted by Gasteiger charge is -2.03. The summed E-state index contributed by atoms with van der Waals surface area (Å²) in [7, 11) is 0. The average Bonchev–Trinajstić information content (AvgIpc) is 1.67. The van der Waals surface area contributed by atoms with Crippen LogP contribution < -0.4 is 0 Å². The Bertz CT molecular complexity index is 84.5. The lowest BCUT2D eigenvalue weighted by molar-refractivity contribution is 0.758. The largest absolute Gasteiger partial charge is 0.299 e. The summed E-state index contributed by atoms with van der Waals surface area (Å²) in [6, 6.07) is 0. The van der Waals surface area contributed by atoms with Gasteiger partial charge >= 0.3 is 0 Å². The van der Waals surface area contributed by atoms with E-state index in [4.69, 9.17) is 5.41 Å². The van der Waals surface area contributed by atoms with Gasteiger partial charge in [0.15, 0.2) is 0 Å². The first-order valence-electron chi connectivity index (χ1n) is 2.53. The van der Waals surface area contributed by atoms with E-state index in [1.807, 2.05) is 29.5 Å². The Balaban J connectivity index is 3.32. The third kappa shape index (κ3) is 3.72. The molecular formula is C5H10INS. The van der Waals surface area contributed by atoms with Gasteiger partial charge in [0.1, 0.15) is 0 Å². The monoisotopic (exact) mass is 243 g/mol. The van der Waals surface area contributed by atoms with Crippen LogP contribution in [0.2, 0.25) is 0 Å². The fourth-order valence-corrected chi connectivity index (χ4v) is 1.02. The smallest absolute Gasteiger partial charge is 0.0722 e. The molecule has 0 radical (unpaired) electrons. The Labute approximate surface area is 69.3 Å². The molecule has 3 heteroatoms. The molecule has 1 N–H and O–H groups in total. The number of thiol groups is 1. The van der Waals surface area contributed by atoms with Crippen molar-refractivity contribution in [3.8, 4) is 0 Å². The quantitative estimate of drug-likeness (QED) is 0.432. The van der Waals surface area contributed by atoms with Gasteiger partial charge in [0.25, 0.3) is 0 Å². The van der Waals surface area contributed by atoms with Gasteiger partial charge in [0.2, 0.25) is 0 Å². The molecule has 0 bridgehead atoms. The van der Waals surface area contributed by atoms with Crippen LogP contribution in [0.25, 0.3) is 0 Å². The number of hydrogen-bond acceptors (Lipinski definition) is 2. The predicted octanol–water partition coefficient (Wildman–Crippen LogP) is 2.35. The molecule has 0 amide bonds. The second-order valence-electron chi connectivity index (χ2n) is 1.76. The Morgan fingerprint density at radius 1 is 1.88 bits per heavy atom. The van der Waals surface area contributed by atoms with Crippen LogP contribution in [-0.2, 0) is 0 Å². The predicted molar refractivity (Wildman–Crippen MR) is 49.4 cm³/mol. The molecule has 0 spiro atoms. The molecule has 0 aromatic heterocycles. The summed E-state index contributed by atoms with van der Waals surface area (Å²) in [5.41, 5.74) is 0. The Hall–Kier alpha value is 0.750. The van der Waals surface area contributed by atoms with Crippen LogP contribution in [0.5, 0.6) is 0 Å². The highest BCUT2D eigenvalue weighted by Crippen LogP contribution is 2.08. The second-order valence-corrected chi connectivity index (χ2v) is 3.37. The first kappa shape index (κ1) is 8.75. The number of halogens is 1. The summed E-state index contributed by atoms with van der Waals surface area (Å²) in [6.07, 6.45) is 1.02. The molecule has 8 heavy (non-hydrogen) atoms. The van der Waals surface area contributed by atoms with Crippen LogP contribution in [0.15, 0.2) is 0 Å². The van der Waals surface area contributed by atoms with Crippen LogP contribution in [0.4, 0.5) is 0 Å². The van der Waals surface area contributed by atoms with Crippen molar-refractivity contribution >= 4 is 38.9 Å². The van der Waals surface area contributed by atoms with Crippen LogP contribution in [0.1, 0.15) is 13.3 Å². The van der Waals surface area contributed by atoms with Crippen LogP contribution in [-0.4, -0.2) is 9.47 Å². The fourth-order valence-electron chi connectivity index (χ4n) is 0.320. The van der Waals surface area contributed by atoms with E-state index >= 15 is 0 Å². The maximum atomic E-state index is 7.16. The van der Waals surface area contributed by atoms with Crippen LogP contribution >= 0.6 is 35.2 Å². The molecule has 0 aliphatic heterocycles. The first-order valence-corrected chi connectivity index (χ1v) is 4.24. The zero-order valence-electron chi connectivity index (χ0n) is 4.82. The minimum absolute atomic E-state index is 0.410. The third-order valence-corrected chi connectivity index (χ3v) is 2.32. The molecule has 0 saturated carbocycles. The number of rotatable bonds is 3. The van der Waals surface area contributed by atoms with E-state index in [2.05, 4.69) is 12.6 Å². The summed E-state index contributed by atoms with van der Waals surface area (Å²) < 4.78 is 0.733. The van der Waals surface area contributed by atoms with E-state index in [9.17, 15) is 0 Å². The van der Waals surface area contributed by atoms with Gasteiger partial charge < -0.3 is 0 Å². The Morgan fingerprint density at radius 2 is 2.38 bits per heavy atom. The first-order chi connectivity index (χ1) is 3.68. The van der Waals surface area contributed by atoms with Gasteiger partial charge in [-0.3, -0.25) is 5.41 Å². The summed E-state index contributed by atoms with van der Waals surface area (Å²) in [5, 5.41) is 7.16. The molecule has 1 unspecified atom stereocenters. The van der Waals surface area contributed by atoms with Crippen molar-refractivity contribution in [1.29, 1.82) is 5.41 Å². The van der Waals surface area contributed by atoms with Gasteiger partial charge in [0.05, 0.1) is 3.72 Å². The summed E-state index contributed by atoms with van der Waals surface area (Å²) >= 11 is 6.10. The summed E-state index contributed by atoms with van der Waals surface area (Å²) in [5.74, 6) is 1.29. The van der Waals surface area contributed by atoms with Crippen LogP contribution in [0, 0.1) is 11.3 Å². The van der Waals surface area contributed by atoms with Crippen molar-refractivity contribution in [3.63, 3.8) is 0 Å². The number of hydrogen-bond donors (Lipinski definition) is 2. The van der Waals surface area contributed by atoms with Gasteiger partial charge in [-0.2, -0.15) is 12.6 Å². The van der Waals surface area contributed by atoms with Gasteiger partial charge in [-0.15, -0.1) is 0 Å².